The summed E-state index contributed by atoms with van der Waals surface area (Å²) in [6, 6.07) is 14.9. The van der Waals surface area contributed by atoms with Gasteiger partial charge in [0.15, 0.2) is 5.69 Å². The van der Waals surface area contributed by atoms with Gasteiger partial charge in [-0.05, 0) is 24.1 Å². The Bertz CT molecular complexity index is 1330. The summed E-state index contributed by atoms with van der Waals surface area (Å²) in [4.78, 5) is 52.6. The molecular formula is C24H25N5O5. The number of carbonyl (C=O) groups excluding carboxylic acids is 1. The Morgan fingerprint density at radius 2 is 1.82 bits per heavy atom. The van der Waals surface area contributed by atoms with Gasteiger partial charge in [-0.25, -0.2) is 4.79 Å². The van der Waals surface area contributed by atoms with Gasteiger partial charge in [0.05, 0.1) is 17.0 Å². The van der Waals surface area contributed by atoms with Crippen molar-refractivity contribution in [2.75, 3.05) is 10.6 Å². The van der Waals surface area contributed by atoms with E-state index in [1.165, 1.54) is 28.8 Å². The highest BCUT2D eigenvalue weighted by molar-refractivity contribution is 6.05. The molecule has 0 aliphatic heterocycles. The van der Waals surface area contributed by atoms with Crippen LogP contribution in [0.4, 0.5) is 17.2 Å². The number of H-pyrrole nitrogens is 1. The Kier molecular flexibility index (Phi) is 7.75. The predicted octanol–water partition coefficient (Wildman–Crippen LogP) is 3.07. The number of hydrogen-bond donors (Lipinski definition) is 2. The Labute approximate surface area is 195 Å². The lowest BCUT2D eigenvalue weighted by atomic mass is 10.1. The van der Waals surface area contributed by atoms with E-state index < -0.39 is 22.1 Å². The second-order valence-corrected chi connectivity index (χ2v) is 7.56. The Hall–Kier alpha value is -4.47. The Morgan fingerprint density at radius 1 is 1.15 bits per heavy atom. The standard InChI is InChI=1S/C24H25N5O5/c1-2-3-15-27-22(25)21(23(31)26-24(27)32)28(16-17-9-5-4-6-10-17)20(30)14-13-18-11-7-8-12-19(18)29(33)34/h4-14H,2-3,15-16,25H2,1H3,(H,26,31,32)/b14-13+. The summed E-state index contributed by atoms with van der Waals surface area (Å²) < 4.78 is 1.23. The zero-order valence-corrected chi connectivity index (χ0v) is 18.6. The summed E-state index contributed by atoms with van der Waals surface area (Å²) in [6.45, 7) is 2.23. The number of aromatic nitrogens is 2. The molecule has 0 bridgehead atoms. The number of hydrogen-bond acceptors (Lipinski definition) is 6. The number of nitro benzene ring substituents is 1. The van der Waals surface area contributed by atoms with E-state index in [2.05, 4.69) is 4.98 Å². The number of nitrogens with one attached hydrogen (secondary N) is 1. The molecular weight excluding hydrogens is 438 g/mol. The average molecular weight is 463 g/mol. The van der Waals surface area contributed by atoms with E-state index in [4.69, 9.17) is 5.73 Å². The van der Waals surface area contributed by atoms with E-state index in [9.17, 15) is 24.5 Å². The van der Waals surface area contributed by atoms with Gasteiger partial charge in [0, 0.05) is 18.7 Å². The number of benzene rings is 2. The summed E-state index contributed by atoms with van der Waals surface area (Å²) in [5.41, 5.74) is 5.42. The van der Waals surface area contributed by atoms with Crippen molar-refractivity contribution in [3.63, 3.8) is 0 Å². The minimum atomic E-state index is -0.793. The van der Waals surface area contributed by atoms with Crippen molar-refractivity contribution in [3.05, 3.63) is 103 Å². The fourth-order valence-corrected chi connectivity index (χ4v) is 3.46. The third-order valence-electron chi connectivity index (χ3n) is 5.21. The normalized spacial score (nSPS) is 11.0. The number of unbranched alkanes of at least 4 members (excludes halogenated alkanes) is 1. The third kappa shape index (κ3) is 5.47. The van der Waals surface area contributed by atoms with E-state index >= 15 is 0 Å². The molecule has 0 unspecified atom stereocenters. The number of rotatable bonds is 9. The molecule has 0 fully saturated rings. The average Bonchev–Trinajstić information content (AvgIpc) is 2.82. The van der Waals surface area contributed by atoms with E-state index in [0.29, 0.717) is 6.42 Å². The molecule has 0 aliphatic rings. The van der Waals surface area contributed by atoms with Crippen LogP contribution >= 0.6 is 0 Å². The highest BCUT2D eigenvalue weighted by Gasteiger charge is 2.23. The van der Waals surface area contributed by atoms with Crippen molar-refractivity contribution in [2.45, 2.75) is 32.9 Å². The van der Waals surface area contributed by atoms with Gasteiger partial charge in [-0.15, -0.1) is 0 Å². The van der Waals surface area contributed by atoms with Crippen molar-refractivity contribution in [1.29, 1.82) is 0 Å². The first-order valence-electron chi connectivity index (χ1n) is 10.7. The van der Waals surface area contributed by atoms with Gasteiger partial charge in [-0.1, -0.05) is 55.8 Å². The Morgan fingerprint density at radius 3 is 2.50 bits per heavy atom. The van der Waals surface area contributed by atoms with Crippen LogP contribution in [0.2, 0.25) is 0 Å². The van der Waals surface area contributed by atoms with Crippen LogP contribution in [-0.2, 0) is 17.9 Å². The molecule has 1 heterocycles. The zero-order chi connectivity index (χ0) is 24.7. The summed E-state index contributed by atoms with van der Waals surface area (Å²) in [6.07, 6.45) is 3.91. The number of anilines is 2. The van der Waals surface area contributed by atoms with Crippen molar-refractivity contribution in [1.82, 2.24) is 9.55 Å². The summed E-state index contributed by atoms with van der Waals surface area (Å²) in [5.74, 6) is -0.745. The van der Waals surface area contributed by atoms with Gasteiger partial charge in [0.1, 0.15) is 5.82 Å². The first-order valence-corrected chi connectivity index (χ1v) is 10.7. The molecule has 0 radical (unpaired) electrons. The van der Waals surface area contributed by atoms with Crippen LogP contribution in [0.3, 0.4) is 0 Å². The molecule has 3 aromatic rings. The molecule has 0 spiro atoms. The highest BCUT2D eigenvalue weighted by Crippen LogP contribution is 2.22. The van der Waals surface area contributed by atoms with Gasteiger partial charge in [-0.3, -0.25) is 34.2 Å². The molecule has 2 aromatic carbocycles. The number of nitro groups is 1. The summed E-state index contributed by atoms with van der Waals surface area (Å²) >= 11 is 0. The van der Waals surface area contributed by atoms with Gasteiger partial charge < -0.3 is 5.73 Å². The number of para-hydroxylation sites is 1. The maximum absolute atomic E-state index is 13.3. The zero-order valence-electron chi connectivity index (χ0n) is 18.6. The number of amides is 1. The lowest BCUT2D eigenvalue weighted by molar-refractivity contribution is -0.385. The van der Waals surface area contributed by atoms with Crippen LogP contribution in [0.25, 0.3) is 6.08 Å². The molecule has 10 nitrogen and oxygen atoms in total. The lowest BCUT2D eigenvalue weighted by Crippen LogP contribution is -2.40. The molecule has 3 rings (SSSR count). The molecule has 1 amide bonds. The number of aromatic amines is 1. The SMILES string of the molecule is CCCCn1c(N)c(N(Cc2ccccc2)C(=O)/C=C/c2ccccc2[N+](=O)[O-])c(=O)[nH]c1=O. The molecule has 1 aromatic heterocycles. The van der Waals surface area contributed by atoms with E-state index in [1.54, 1.807) is 30.3 Å². The van der Waals surface area contributed by atoms with Gasteiger partial charge in [0.2, 0.25) is 0 Å². The smallest absolute Gasteiger partial charge is 0.330 e. The quantitative estimate of drug-likeness (QED) is 0.283. The van der Waals surface area contributed by atoms with Crippen molar-refractivity contribution in [2.24, 2.45) is 0 Å². The van der Waals surface area contributed by atoms with Crippen LogP contribution < -0.4 is 21.9 Å². The maximum Gasteiger partial charge on any atom is 0.330 e. The van der Waals surface area contributed by atoms with E-state index in [0.717, 1.165) is 23.0 Å². The number of nitrogens with zero attached hydrogens (tertiary/aromatic N) is 3. The predicted molar refractivity (Wildman–Crippen MR) is 130 cm³/mol. The minimum Gasteiger partial charge on any atom is -0.383 e. The fourth-order valence-electron chi connectivity index (χ4n) is 3.46. The monoisotopic (exact) mass is 463 g/mol. The molecule has 0 saturated carbocycles. The van der Waals surface area contributed by atoms with Crippen molar-refractivity contribution in [3.8, 4) is 0 Å². The summed E-state index contributed by atoms with van der Waals surface area (Å²) in [5, 5.41) is 11.3. The second kappa shape index (κ2) is 10.9. The van der Waals surface area contributed by atoms with Crippen LogP contribution in [0.5, 0.6) is 0 Å². The topological polar surface area (TPSA) is 144 Å². The lowest BCUT2D eigenvalue weighted by Gasteiger charge is -2.23. The second-order valence-electron chi connectivity index (χ2n) is 7.56. The molecule has 10 heteroatoms. The molecule has 34 heavy (non-hydrogen) atoms. The van der Waals surface area contributed by atoms with Gasteiger partial charge in [-0.2, -0.15) is 0 Å². The number of carbonyl (C=O) groups is 1. The molecule has 0 aliphatic carbocycles. The van der Waals surface area contributed by atoms with E-state index in [-0.39, 0.29) is 35.8 Å². The van der Waals surface area contributed by atoms with Crippen LogP contribution in [0.15, 0.2) is 70.3 Å². The fraction of sp³-hybridized carbons (Fsp3) is 0.208. The van der Waals surface area contributed by atoms with Gasteiger partial charge >= 0.3 is 5.69 Å². The minimum absolute atomic E-state index is 0.000157. The van der Waals surface area contributed by atoms with Crippen LogP contribution in [0.1, 0.15) is 30.9 Å². The van der Waals surface area contributed by atoms with E-state index in [1.807, 2.05) is 13.0 Å². The maximum atomic E-state index is 13.3. The van der Waals surface area contributed by atoms with Crippen LogP contribution in [-0.4, -0.2) is 20.4 Å². The first-order chi connectivity index (χ1) is 16.3. The van der Waals surface area contributed by atoms with Crippen molar-refractivity contribution < 1.29 is 9.72 Å². The van der Waals surface area contributed by atoms with Crippen molar-refractivity contribution >= 4 is 29.2 Å². The third-order valence-corrected chi connectivity index (χ3v) is 5.21. The number of nitrogen functional groups attached to an aromatic ring is 1. The largest absolute Gasteiger partial charge is 0.383 e. The molecule has 0 atom stereocenters. The summed E-state index contributed by atoms with van der Waals surface area (Å²) in [7, 11) is 0. The first kappa shape index (κ1) is 24.2. The van der Waals surface area contributed by atoms with Gasteiger partial charge in [0.25, 0.3) is 17.2 Å². The van der Waals surface area contributed by atoms with Crippen LogP contribution in [0, 0.1) is 10.1 Å². The molecule has 3 N–H and O–H groups in total. The number of nitrogens with two attached hydrogens (primary N) is 1. The highest BCUT2D eigenvalue weighted by atomic mass is 16.6. The molecule has 0 saturated heterocycles. The Balaban J connectivity index is 2.08. The molecule has 176 valence electrons.